The van der Waals surface area contributed by atoms with Gasteiger partial charge < -0.3 is 14.9 Å². The van der Waals surface area contributed by atoms with E-state index in [0.717, 1.165) is 39.9 Å². The van der Waals surface area contributed by atoms with Crippen LogP contribution in [0.1, 0.15) is 71.1 Å². The zero-order valence-corrected chi connectivity index (χ0v) is 23.9. The fourth-order valence-electron chi connectivity index (χ4n) is 5.36. The highest BCUT2D eigenvalue weighted by atomic mass is 16.5. The molecule has 0 aliphatic rings. The zero-order chi connectivity index (χ0) is 28.4. The number of aromatic nitrogens is 3. The van der Waals surface area contributed by atoms with Crippen LogP contribution in [0.2, 0.25) is 0 Å². The van der Waals surface area contributed by atoms with E-state index in [1.807, 2.05) is 24.3 Å². The van der Waals surface area contributed by atoms with Gasteiger partial charge in [-0.2, -0.15) is 9.97 Å². The smallest absolute Gasteiger partial charge is 0.320 e. The van der Waals surface area contributed by atoms with Crippen LogP contribution in [0.4, 0.5) is 0 Å². The largest absolute Gasteiger partial charge is 0.508 e. The molecule has 0 radical (unpaired) electrons. The minimum absolute atomic E-state index is 0.0292. The maximum absolute atomic E-state index is 10.6. The monoisotopic (exact) mass is 549 g/mol. The van der Waals surface area contributed by atoms with Gasteiger partial charge in [0.25, 0.3) is 0 Å². The zero-order valence-electron chi connectivity index (χ0n) is 23.9. The van der Waals surface area contributed by atoms with Gasteiger partial charge in [0.05, 0.1) is 12.2 Å². The Morgan fingerprint density at radius 2 is 1.20 bits per heavy atom. The number of aromatic hydroxyl groups is 2. The molecule has 0 bridgehead atoms. The summed E-state index contributed by atoms with van der Waals surface area (Å²) in [6.45, 7) is 2.77. The van der Waals surface area contributed by atoms with Crippen molar-refractivity contribution in [2.75, 3.05) is 6.61 Å². The molecule has 0 atom stereocenters. The Morgan fingerprint density at radius 1 is 0.585 bits per heavy atom. The number of phenolic OH excluding ortho intramolecular Hbond substituents is 2. The third-order valence-electron chi connectivity index (χ3n) is 7.58. The third kappa shape index (κ3) is 7.12. The Morgan fingerprint density at radius 3 is 1.90 bits per heavy atom. The Kier molecular flexibility index (Phi) is 9.63. The van der Waals surface area contributed by atoms with E-state index in [-0.39, 0.29) is 17.5 Å². The summed E-state index contributed by atoms with van der Waals surface area (Å²) in [5.74, 6) is 0.634. The SMILES string of the molecule is CCCCCCCCCCCCOc1nc(-c2ccc(O)cc2O)nc(-c2cc3ccccc3c3ccccc23)n1. The molecule has 4 aromatic carbocycles. The van der Waals surface area contributed by atoms with Crippen molar-refractivity contribution in [1.29, 1.82) is 0 Å². The van der Waals surface area contributed by atoms with Gasteiger partial charge in [0.1, 0.15) is 11.5 Å². The van der Waals surface area contributed by atoms with Gasteiger partial charge in [0.15, 0.2) is 11.6 Å². The molecule has 0 fully saturated rings. The first kappa shape index (κ1) is 28.3. The molecule has 6 nitrogen and oxygen atoms in total. The Bertz CT molecular complexity index is 1600. The fraction of sp³-hybridized carbons (Fsp3) is 0.343. The first-order valence-corrected chi connectivity index (χ1v) is 15.0. The fourth-order valence-corrected chi connectivity index (χ4v) is 5.36. The number of hydrogen-bond acceptors (Lipinski definition) is 6. The summed E-state index contributed by atoms with van der Waals surface area (Å²) in [4.78, 5) is 14.1. The normalized spacial score (nSPS) is 11.3. The summed E-state index contributed by atoms with van der Waals surface area (Å²) in [6, 6.07) is 23.2. The van der Waals surface area contributed by atoms with Crippen LogP contribution in [0, 0.1) is 0 Å². The predicted octanol–water partition coefficient (Wildman–Crippen LogP) is 9.22. The number of hydrogen-bond donors (Lipinski definition) is 2. The van der Waals surface area contributed by atoms with E-state index in [1.54, 1.807) is 6.07 Å². The number of nitrogens with zero attached hydrogens (tertiary/aromatic N) is 3. The topological polar surface area (TPSA) is 88.4 Å². The number of phenols is 2. The molecular weight excluding hydrogens is 510 g/mol. The van der Waals surface area contributed by atoms with Crippen molar-refractivity contribution in [3.8, 4) is 40.3 Å². The lowest BCUT2D eigenvalue weighted by Crippen LogP contribution is -2.05. The van der Waals surface area contributed by atoms with Crippen LogP contribution in [0.25, 0.3) is 44.3 Å². The third-order valence-corrected chi connectivity index (χ3v) is 7.58. The number of ether oxygens (including phenoxy) is 1. The Balaban J connectivity index is 1.38. The summed E-state index contributed by atoms with van der Waals surface area (Å²) >= 11 is 0. The number of fused-ring (bicyclic) bond motifs is 3. The van der Waals surface area contributed by atoms with Gasteiger partial charge in [-0.25, -0.2) is 4.98 Å². The average Bonchev–Trinajstić information content (AvgIpc) is 2.99. The number of unbranched alkanes of at least 4 members (excludes halogenated alkanes) is 9. The molecule has 1 heterocycles. The molecule has 0 saturated heterocycles. The Hall–Kier alpha value is -4.19. The first-order valence-electron chi connectivity index (χ1n) is 15.0. The van der Waals surface area contributed by atoms with Crippen LogP contribution in [-0.4, -0.2) is 31.8 Å². The lowest BCUT2D eigenvalue weighted by atomic mass is 9.97. The second-order valence-electron chi connectivity index (χ2n) is 10.7. The highest BCUT2D eigenvalue weighted by Gasteiger charge is 2.17. The van der Waals surface area contributed by atoms with Gasteiger partial charge >= 0.3 is 6.01 Å². The maximum atomic E-state index is 10.6. The second-order valence-corrected chi connectivity index (χ2v) is 10.7. The molecular formula is C35H39N3O3. The quantitative estimate of drug-likeness (QED) is 0.106. The predicted molar refractivity (Wildman–Crippen MR) is 166 cm³/mol. The van der Waals surface area contributed by atoms with Gasteiger partial charge in [0, 0.05) is 11.6 Å². The minimum atomic E-state index is -0.105. The highest BCUT2D eigenvalue weighted by Crippen LogP contribution is 2.36. The lowest BCUT2D eigenvalue weighted by molar-refractivity contribution is 0.281. The summed E-state index contributed by atoms with van der Waals surface area (Å²) in [7, 11) is 0. The van der Waals surface area contributed by atoms with Crippen molar-refractivity contribution >= 4 is 21.5 Å². The van der Waals surface area contributed by atoms with Crippen LogP contribution in [0.15, 0.2) is 72.8 Å². The van der Waals surface area contributed by atoms with E-state index in [9.17, 15) is 10.2 Å². The molecule has 212 valence electrons. The van der Waals surface area contributed by atoms with Crippen LogP contribution in [0.3, 0.4) is 0 Å². The van der Waals surface area contributed by atoms with Crippen molar-refractivity contribution in [3.05, 3.63) is 72.8 Å². The second kappa shape index (κ2) is 13.9. The van der Waals surface area contributed by atoms with Crippen molar-refractivity contribution < 1.29 is 14.9 Å². The summed E-state index contributed by atoms with van der Waals surface area (Å²) < 4.78 is 6.07. The molecule has 5 aromatic rings. The molecule has 0 aliphatic heterocycles. The van der Waals surface area contributed by atoms with Gasteiger partial charge in [-0.1, -0.05) is 113 Å². The summed E-state index contributed by atoms with van der Waals surface area (Å²) in [5, 5.41) is 24.8. The van der Waals surface area contributed by atoms with Crippen molar-refractivity contribution in [1.82, 2.24) is 15.0 Å². The molecule has 0 amide bonds. The van der Waals surface area contributed by atoms with Gasteiger partial charge in [-0.05, 0) is 46.2 Å². The lowest BCUT2D eigenvalue weighted by Gasteiger charge is -2.13. The van der Waals surface area contributed by atoms with E-state index in [0.29, 0.717) is 23.8 Å². The minimum Gasteiger partial charge on any atom is -0.508 e. The molecule has 41 heavy (non-hydrogen) atoms. The summed E-state index contributed by atoms with van der Waals surface area (Å²) in [5.41, 5.74) is 1.27. The molecule has 0 spiro atoms. The van der Waals surface area contributed by atoms with E-state index in [2.05, 4.69) is 42.2 Å². The molecule has 0 aliphatic carbocycles. The standard InChI is InChI=1S/C35H39N3O3/c1-2-3-4-5-6-7-8-9-10-15-22-41-35-37-33(30-21-20-26(39)24-32(30)40)36-34(38-35)31-23-25-16-11-12-17-27(25)28-18-13-14-19-29(28)31/h11-14,16-21,23-24,39-40H,2-10,15,22H2,1H3. The van der Waals surface area contributed by atoms with Crippen molar-refractivity contribution in [3.63, 3.8) is 0 Å². The first-order chi connectivity index (χ1) is 20.1. The molecule has 6 heteroatoms. The van der Waals surface area contributed by atoms with Crippen LogP contribution in [-0.2, 0) is 0 Å². The highest BCUT2D eigenvalue weighted by molar-refractivity contribution is 6.13. The van der Waals surface area contributed by atoms with Crippen molar-refractivity contribution in [2.45, 2.75) is 71.1 Å². The van der Waals surface area contributed by atoms with E-state index in [4.69, 9.17) is 14.7 Å². The number of rotatable bonds is 14. The Labute approximate surface area is 242 Å². The van der Waals surface area contributed by atoms with Crippen LogP contribution < -0.4 is 4.74 Å². The average molecular weight is 550 g/mol. The van der Waals surface area contributed by atoms with Gasteiger partial charge in [-0.15, -0.1) is 0 Å². The van der Waals surface area contributed by atoms with E-state index >= 15 is 0 Å². The molecule has 0 unspecified atom stereocenters. The molecule has 2 N–H and O–H groups in total. The summed E-state index contributed by atoms with van der Waals surface area (Å²) in [6.07, 6.45) is 12.5. The van der Waals surface area contributed by atoms with Crippen molar-refractivity contribution in [2.24, 2.45) is 0 Å². The molecule has 5 rings (SSSR count). The van der Waals surface area contributed by atoms with Gasteiger partial charge in [-0.3, -0.25) is 0 Å². The molecule has 1 aromatic heterocycles. The van der Waals surface area contributed by atoms with E-state index < -0.39 is 0 Å². The number of benzene rings is 4. The van der Waals surface area contributed by atoms with E-state index in [1.165, 1.54) is 63.5 Å². The van der Waals surface area contributed by atoms with Crippen LogP contribution in [0.5, 0.6) is 17.5 Å². The van der Waals surface area contributed by atoms with Crippen LogP contribution >= 0.6 is 0 Å². The molecule has 0 saturated carbocycles. The van der Waals surface area contributed by atoms with Gasteiger partial charge in [0.2, 0.25) is 0 Å². The maximum Gasteiger partial charge on any atom is 0.320 e.